The Morgan fingerprint density at radius 3 is 2.73 bits per heavy atom. The lowest BCUT2D eigenvalue weighted by Crippen LogP contribution is -2.39. The van der Waals surface area contributed by atoms with Gasteiger partial charge in [-0.3, -0.25) is 19.1 Å². The molecular formula is C19H18N4O3. The molecule has 0 spiro atoms. The molecule has 1 aromatic carbocycles. The minimum Gasteiger partial charge on any atom is -0.322 e. The van der Waals surface area contributed by atoms with Gasteiger partial charge in [-0.1, -0.05) is 18.2 Å². The van der Waals surface area contributed by atoms with E-state index in [1.807, 2.05) is 32.0 Å². The monoisotopic (exact) mass is 350 g/mol. The number of nitrogens with one attached hydrogen (secondary N) is 2. The third-order valence-electron chi connectivity index (χ3n) is 3.99. The number of pyridine rings is 1. The van der Waals surface area contributed by atoms with Crippen LogP contribution in [0.5, 0.6) is 0 Å². The van der Waals surface area contributed by atoms with E-state index in [-0.39, 0.29) is 12.1 Å². The molecule has 132 valence electrons. The Morgan fingerprint density at radius 1 is 1.19 bits per heavy atom. The molecular weight excluding hydrogens is 332 g/mol. The molecule has 2 aromatic heterocycles. The highest BCUT2D eigenvalue weighted by atomic mass is 16.2. The molecule has 0 saturated carbocycles. The molecule has 3 rings (SSSR count). The van der Waals surface area contributed by atoms with Crippen molar-refractivity contribution in [1.29, 1.82) is 0 Å². The molecule has 0 unspecified atom stereocenters. The summed E-state index contributed by atoms with van der Waals surface area (Å²) in [7, 11) is 0. The number of hydrogen-bond acceptors (Lipinski definition) is 4. The van der Waals surface area contributed by atoms with Gasteiger partial charge in [0.2, 0.25) is 0 Å². The van der Waals surface area contributed by atoms with E-state index in [4.69, 9.17) is 0 Å². The van der Waals surface area contributed by atoms with Crippen LogP contribution in [0, 0.1) is 13.8 Å². The van der Waals surface area contributed by atoms with Gasteiger partial charge < -0.3 is 10.3 Å². The van der Waals surface area contributed by atoms with Crippen LogP contribution in [0.25, 0.3) is 0 Å². The number of benzene rings is 1. The van der Waals surface area contributed by atoms with Gasteiger partial charge >= 0.3 is 5.69 Å². The van der Waals surface area contributed by atoms with E-state index in [9.17, 15) is 14.4 Å². The number of carbonyl (C=O) groups excluding carboxylic acids is 1. The first kappa shape index (κ1) is 17.3. The number of hydrogen-bond donors (Lipinski definition) is 2. The number of amides is 1. The second-order valence-corrected chi connectivity index (χ2v) is 5.99. The first-order valence-corrected chi connectivity index (χ1v) is 8.07. The smallest absolute Gasteiger partial charge is 0.322 e. The van der Waals surface area contributed by atoms with Gasteiger partial charge in [-0.25, -0.2) is 4.79 Å². The van der Waals surface area contributed by atoms with Crippen LogP contribution in [-0.2, 0) is 6.54 Å². The quantitative estimate of drug-likeness (QED) is 0.750. The van der Waals surface area contributed by atoms with Crippen LogP contribution in [0.3, 0.4) is 0 Å². The van der Waals surface area contributed by atoms with Crippen molar-refractivity contribution in [2.75, 3.05) is 5.32 Å². The van der Waals surface area contributed by atoms with Crippen molar-refractivity contribution in [1.82, 2.24) is 14.5 Å². The first-order valence-electron chi connectivity index (χ1n) is 8.07. The van der Waals surface area contributed by atoms with Crippen LogP contribution in [0.4, 0.5) is 5.69 Å². The summed E-state index contributed by atoms with van der Waals surface area (Å²) in [5.41, 5.74) is 1.64. The summed E-state index contributed by atoms with van der Waals surface area (Å²) in [6, 6.07) is 10.9. The van der Waals surface area contributed by atoms with E-state index in [0.29, 0.717) is 11.4 Å². The lowest BCUT2D eigenvalue weighted by Gasteiger charge is -2.10. The van der Waals surface area contributed by atoms with E-state index in [2.05, 4.69) is 15.3 Å². The molecule has 0 fully saturated rings. The minimum atomic E-state index is -0.665. The lowest BCUT2D eigenvalue weighted by atomic mass is 10.1. The topological polar surface area (TPSA) is 96.8 Å². The Labute approximate surface area is 149 Å². The highest BCUT2D eigenvalue weighted by Gasteiger charge is 2.16. The second-order valence-electron chi connectivity index (χ2n) is 5.99. The lowest BCUT2D eigenvalue weighted by molar-refractivity contribution is 0.102. The Hall–Kier alpha value is -3.48. The van der Waals surface area contributed by atoms with Crippen molar-refractivity contribution in [2.45, 2.75) is 20.4 Å². The average molecular weight is 350 g/mol. The summed E-state index contributed by atoms with van der Waals surface area (Å²) in [5, 5.41) is 2.73. The number of aryl methyl sites for hydroxylation is 2. The molecule has 0 aliphatic heterocycles. The summed E-state index contributed by atoms with van der Waals surface area (Å²) >= 11 is 0. The van der Waals surface area contributed by atoms with E-state index in [1.54, 1.807) is 24.4 Å². The van der Waals surface area contributed by atoms with Gasteiger partial charge in [-0.05, 0) is 43.2 Å². The Balaban J connectivity index is 1.94. The van der Waals surface area contributed by atoms with Crippen molar-refractivity contribution in [3.8, 4) is 0 Å². The van der Waals surface area contributed by atoms with Crippen molar-refractivity contribution in [3.63, 3.8) is 0 Å². The fourth-order valence-electron chi connectivity index (χ4n) is 2.53. The number of aromatic amines is 1. The zero-order chi connectivity index (χ0) is 18.7. The van der Waals surface area contributed by atoms with Crippen LogP contribution in [0.1, 0.15) is 27.2 Å². The fraction of sp³-hybridized carbons (Fsp3) is 0.158. The number of anilines is 1. The molecule has 7 heteroatoms. The summed E-state index contributed by atoms with van der Waals surface area (Å²) in [4.78, 5) is 43.8. The van der Waals surface area contributed by atoms with Gasteiger partial charge in [-0.2, -0.15) is 0 Å². The number of H-pyrrole nitrogens is 1. The molecule has 1 amide bonds. The molecule has 3 aromatic rings. The Kier molecular flexibility index (Phi) is 4.79. The van der Waals surface area contributed by atoms with Gasteiger partial charge in [-0.15, -0.1) is 0 Å². The summed E-state index contributed by atoms with van der Waals surface area (Å²) in [6.07, 6.45) is 2.71. The molecule has 0 bridgehead atoms. The normalized spacial score (nSPS) is 10.5. The van der Waals surface area contributed by atoms with Gasteiger partial charge in [0, 0.05) is 18.1 Å². The molecule has 0 aliphatic carbocycles. The van der Waals surface area contributed by atoms with Crippen LogP contribution in [0.2, 0.25) is 0 Å². The van der Waals surface area contributed by atoms with E-state index in [1.165, 1.54) is 0 Å². The van der Waals surface area contributed by atoms with Crippen LogP contribution >= 0.6 is 0 Å². The Bertz CT molecular complexity index is 1070. The SMILES string of the molecule is Cc1ccc(C)c(NC(=O)c2c[nH]c(=O)n(Cc3ccccn3)c2=O)c1. The van der Waals surface area contributed by atoms with E-state index < -0.39 is 17.2 Å². The van der Waals surface area contributed by atoms with Crippen LogP contribution in [0.15, 0.2) is 58.4 Å². The molecule has 0 radical (unpaired) electrons. The third kappa shape index (κ3) is 3.61. The van der Waals surface area contributed by atoms with Crippen molar-refractivity contribution >= 4 is 11.6 Å². The van der Waals surface area contributed by atoms with Crippen molar-refractivity contribution in [3.05, 3.63) is 92.0 Å². The molecule has 0 atom stereocenters. The zero-order valence-corrected chi connectivity index (χ0v) is 14.4. The van der Waals surface area contributed by atoms with E-state index >= 15 is 0 Å². The van der Waals surface area contributed by atoms with Gasteiger partial charge in [0.25, 0.3) is 11.5 Å². The number of rotatable bonds is 4. The third-order valence-corrected chi connectivity index (χ3v) is 3.99. The van der Waals surface area contributed by atoms with E-state index in [0.717, 1.165) is 21.9 Å². The predicted molar refractivity (Wildman–Crippen MR) is 98.5 cm³/mol. The second kappa shape index (κ2) is 7.18. The van der Waals surface area contributed by atoms with Gasteiger partial charge in [0.1, 0.15) is 5.56 Å². The molecule has 0 saturated heterocycles. The maximum Gasteiger partial charge on any atom is 0.328 e. The summed E-state index contributed by atoms with van der Waals surface area (Å²) in [6.45, 7) is 3.76. The molecule has 7 nitrogen and oxygen atoms in total. The van der Waals surface area contributed by atoms with Crippen molar-refractivity contribution < 1.29 is 4.79 Å². The molecule has 2 heterocycles. The molecule has 0 aliphatic rings. The average Bonchev–Trinajstić information content (AvgIpc) is 2.62. The van der Waals surface area contributed by atoms with Gasteiger partial charge in [0.05, 0.1) is 12.2 Å². The number of carbonyl (C=O) groups is 1. The summed E-state index contributed by atoms with van der Waals surface area (Å²) < 4.78 is 0.959. The zero-order valence-electron chi connectivity index (χ0n) is 14.4. The molecule has 2 N–H and O–H groups in total. The minimum absolute atomic E-state index is 0.0143. The van der Waals surface area contributed by atoms with Crippen molar-refractivity contribution in [2.24, 2.45) is 0 Å². The Morgan fingerprint density at radius 2 is 2.00 bits per heavy atom. The van der Waals surface area contributed by atoms with Crippen LogP contribution in [-0.4, -0.2) is 20.4 Å². The van der Waals surface area contributed by atoms with Crippen LogP contribution < -0.4 is 16.6 Å². The first-order chi connectivity index (χ1) is 12.5. The maximum absolute atomic E-state index is 12.6. The predicted octanol–water partition coefficient (Wildman–Crippen LogP) is 1.85. The standard InChI is InChI=1S/C19H18N4O3/c1-12-6-7-13(2)16(9-12)22-17(24)15-10-21-19(26)23(18(15)25)11-14-5-3-4-8-20-14/h3-10H,11H2,1-2H3,(H,21,26)(H,22,24). The highest BCUT2D eigenvalue weighted by Crippen LogP contribution is 2.16. The largest absolute Gasteiger partial charge is 0.328 e. The summed E-state index contributed by atoms with van der Waals surface area (Å²) in [5.74, 6) is -0.574. The number of aromatic nitrogens is 3. The number of nitrogens with zero attached hydrogens (tertiary/aromatic N) is 2. The van der Waals surface area contributed by atoms with Gasteiger partial charge in [0.15, 0.2) is 0 Å². The highest BCUT2D eigenvalue weighted by molar-refractivity contribution is 6.04. The fourth-order valence-corrected chi connectivity index (χ4v) is 2.53. The maximum atomic E-state index is 12.6. The molecule has 26 heavy (non-hydrogen) atoms.